The van der Waals surface area contributed by atoms with Crippen molar-refractivity contribution in [3.63, 3.8) is 0 Å². The number of phenolic OH excluding ortho intramolecular Hbond substituents is 1. The van der Waals surface area contributed by atoms with Crippen LogP contribution >= 0.6 is 0 Å². The first-order valence-corrected chi connectivity index (χ1v) is 6.32. The number of rotatable bonds is 3. The molecule has 0 bridgehead atoms. The predicted molar refractivity (Wildman–Crippen MR) is 69.1 cm³/mol. The number of hydrogen-bond donors (Lipinski definition) is 3. The van der Waals surface area contributed by atoms with E-state index in [4.69, 9.17) is 5.11 Å². The molecule has 5 heteroatoms. The molecule has 1 aromatic rings. The molecule has 1 aliphatic carbocycles. The minimum atomic E-state index is -0.866. The number of carboxylic acid groups (broad SMARTS) is 1. The van der Waals surface area contributed by atoms with Gasteiger partial charge in [-0.25, -0.2) is 0 Å². The van der Waals surface area contributed by atoms with Gasteiger partial charge in [0.2, 0.25) is 0 Å². The van der Waals surface area contributed by atoms with Gasteiger partial charge in [0.05, 0.1) is 5.92 Å². The average molecular weight is 263 g/mol. The maximum absolute atomic E-state index is 12.0. The third-order valence-corrected chi connectivity index (χ3v) is 3.62. The van der Waals surface area contributed by atoms with Gasteiger partial charge in [0, 0.05) is 11.6 Å². The molecule has 3 N–H and O–H groups in total. The summed E-state index contributed by atoms with van der Waals surface area (Å²) >= 11 is 0. The Morgan fingerprint density at radius 1 is 1.32 bits per heavy atom. The van der Waals surface area contributed by atoms with Crippen LogP contribution in [0.4, 0.5) is 0 Å². The van der Waals surface area contributed by atoms with E-state index in [-0.39, 0.29) is 17.7 Å². The van der Waals surface area contributed by atoms with Crippen molar-refractivity contribution in [3.05, 3.63) is 29.3 Å². The molecule has 0 aromatic heterocycles. The van der Waals surface area contributed by atoms with Crippen LogP contribution in [-0.4, -0.2) is 28.1 Å². The third-order valence-electron chi connectivity index (χ3n) is 3.62. The lowest BCUT2D eigenvalue weighted by atomic mass is 10.0. The highest BCUT2D eigenvalue weighted by molar-refractivity contribution is 5.95. The molecule has 2 unspecified atom stereocenters. The molecule has 2 atom stereocenters. The number of aromatic hydroxyl groups is 1. The summed E-state index contributed by atoms with van der Waals surface area (Å²) < 4.78 is 0. The van der Waals surface area contributed by atoms with Crippen molar-refractivity contribution in [1.82, 2.24) is 5.32 Å². The normalized spacial score (nSPS) is 22.2. The van der Waals surface area contributed by atoms with Gasteiger partial charge in [0.15, 0.2) is 0 Å². The zero-order valence-electron chi connectivity index (χ0n) is 10.7. The first kappa shape index (κ1) is 13.4. The average Bonchev–Trinajstić information content (AvgIpc) is 2.80. The van der Waals surface area contributed by atoms with Crippen LogP contribution in [0.2, 0.25) is 0 Å². The second-order valence-electron chi connectivity index (χ2n) is 4.96. The number of carbonyl (C=O) groups is 2. The summed E-state index contributed by atoms with van der Waals surface area (Å²) in [4.78, 5) is 23.1. The predicted octanol–water partition coefficient (Wildman–Crippen LogP) is 1.68. The third kappa shape index (κ3) is 2.86. The van der Waals surface area contributed by atoms with Gasteiger partial charge < -0.3 is 15.5 Å². The van der Waals surface area contributed by atoms with E-state index in [1.807, 2.05) is 0 Å². The molecule has 0 spiro atoms. The highest BCUT2D eigenvalue weighted by Crippen LogP contribution is 2.26. The highest BCUT2D eigenvalue weighted by atomic mass is 16.4. The fourth-order valence-electron chi connectivity index (χ4n) is 2.43. The summed E-state index contributed by atoms with van der Waals surface area (Å²) in [6, 6.07) is 4.35. The Hall–Kier alpha value is -2.04. The lowest BCUT2D eigenvalue weighted by Gasteiger charge is -2.17. The molecular weight excluding hydrogens is 246 g/mol. The molecule has 19 heavy (non-hydrogen) atoms. The van der Waals surface area contributed by atoms with Crippen LogP contribution < -0.4 is 5.32 Å². The van der Waals surface area contributed by atoms with E-state index in [0.717, 1.165) is 6.42 Å². The number of benzene rings is 1. The van der Waals surface area contributed by atoms with Crippen molar-refractivity contribution in [3.8, 4) is 5.75 Å². The van der Waals surface area contributed by atoms with E-state index in [0.29, 0.717) is 24.0 Å². The second-order valence-corrected chi connectivity index (χ2v) is 4.96. The Balaban J connectivity index is 2.08. The molecule has 0 aliphatic heterocycles. The summed E-state index contributed by atoms with van der Waals surface area (Å²) in [5.41, 5.74) is 1.04. The van der Waals surface area contributed by atoms with E-state index >= 15 is 0 Å². The van der Waals surface area contributed by atoms with E-state index in [2.05, 4.69) is 5.32 Å². The number of nitrogens with one attached hydrogen (secondary N) is 1. The van der Waals surface area contributed by atoms with Crippen molar-refractivity contribution in [2.45, 2.75) is 32.2 Å². The number of aliphatic carboxylic acids is 1. The molecule has 0 heterocycles. The maximum atomic E-state index is 12.0. The van der Waals surface area contributed by atoms with Gasteiger partial charge in [0.25, 0.3) is 5.91 Å². The van der Waals surface area contributed by atoms with Gasteiger partial charge in [-0.1, -0.05) is 12.5 Å². The smallest absolute Gasteiger partial charge is 0.308 e. The number of hydrogen-bond acceptors (Lipinski definition) is 3. The fraction of sp³-hybridized carbons (Fsp3) is 0.429. The minimum absolute atomic E-state index is 0.0638. The number of phenols is 1. The van der Waals surface area contributed by atoms with Crippen molar-refractivity contribution >= 4 is 11.9 Å². The topological polar surface area (TPSA) is 86.6 Å². The van der Waals surface area contributed by atoms with Crippen LogP contribution in [-0.2, 0) is 4.79 Å². The molecule has 1 aromatic carbocycles. The lowest BCUT2D eigenvalue weighted by Crippen LogP contribution is -2.40. The molecule has 2 rings (SSSR count). The molecule has 1 amide bonds. The lowest BCUT2D eigenvalue weighted by molar-refractivity contribution is -0.142. The van der Waals surface area contributed by atoms with Gasteiger partial charge in [0.1, 0.15) is 5.75 Å². The summed E-state index contributed by atoms with van der Waals surface area (Å²) in [5, 5.41) is 21.4. The van der Waals surface area contributed by atoms with E-state index in [1.165, 1.54) is 6.07 Å². The zero-order valence-corrected chi connectivity index (χ0v) is 10.7. The van der Waals surface area contributed by atoms with Crippen LogP contribution in [0.25, 0.3) is 0 Å². The Labute approximate surface area is 111 Å². The molecule has 1 aliphatic rings. The van der Waals surface area contributed by atoms with Gasteiger partial charge >= 0.3 is 5.97 Å². The van der Waals surface area contributed by atoms with Crippen LogP contribution in [0.5, 0.6) is 5.75 Å². The zero-order chi connectivity index (χ0) is 14.0. The Morgan fingerprint density at radius 2 is 2.05 bits per heavy atom. The highest BCUT2D eigenvalue weighted by Gasteiger charge is 2.34. The molecule has 102 valence electrons. The Morgan fingerprint density at radius 3 is 2.68 bits per heavy atom. The van der Waals surface area contributed by atoms with Crippen molar-refractivity contribution < 1.29 is 19.8 Å². The molecule has 1 fully saturated rings. The van der Waals surface area contributed by atoms with Crippen LogP contribution in [0.15, 0.2) is 18.2 Å². The molecule has 5 nitrogen and oxygen atoms in total. The Bertz CT molecular complexity index is 512. The SMILES string of the molecule is Cc1ccc(C(=O)NC2CCCC2C(=O)O)cc1O. The molecule has 1 saturated carbocycles. The van der Waals surface area contributed by atoms with E-state index < -0.39 is 11.9 Å². The number of amides is 1. The number of aryl methyl sites for hydroxylation is 1. The molecule has 0 radical (unpaired) electrons. The first-order chi connectivity index (χ1) is 8.99. The van der Waals surface area contributed by atoms with Gasteiger partial charge in [-0.05, 0) is 37.5 Å². The minimum Gasteiger partial charge on any atom is -0.508 e. The van der Waals surface area contributed by atoms with Gasteiger partial charge in [-0.3, -0.25) is 9.59 Å². The van der Waals surface area contributed by atoms with Crippen molar-refractivity contribution in [2.75, 3.05) is 0 Å². The standard InChI is InChI=1S/C14H17NO4/c1-8-5-6-9(7-12(8)16)13(17)15-11-4-2-3-10(11)14(18)19/h5-7,10-11,16H,2-4H2,1H3,(H,15,17)(H,18,19). The Kier molecular flexibility index (Phi) is 3.74. The van der Waals surface area contributed by atoms with Crippen LogP contribution in [0.3, 0.4) is 0 Å². The molecular formula is C14H17NO4. The van der Waals surface area contributed by atoms with Gasteiger partial charge in [-0.15, -0.1) is 0 Å². The monoisotopic (exact) mass is 263 g/mol. The second kappa shape index (κ2) is 5.30. The fourth-order valence-corrected chi connectivity index (χ4v) is 2.43. The first-order valence-electron chi connectivity index (χ1n) is 6.32. The maximum Gasteiger partial charge on any atom is 0.308 e. The van der Waals surface area contributed by atoms with E-state index in [1.54, 1.807) is 19.1 Å². The van der Waals surface area contributed by atoms with E-state index in [9.17, 15) is 14.7 Å². The summed E-state index contributed by atoms with van der Waals surface area (Å²) in [6.45, 7) is 1.74. The van der Waals surface area contributed by atoms with Crippen LogP contribution in [0.1, 0.15) is 35.2 Å². The summed E-state index contributed by atoms with van der Waals surface area (Å²) in [7, 11) is 0. The van der Waals surface area contributed by atoms with Gasteiger partial charge in [-0.2, -0.15) is 0 Å². The number of carbonyl (C=O) groups excluding carboxylic acids is 1. The molecule has 0 saturated heterocycles. The summed E-state index contributed by atoms with van der Waals surface area (Å²) in [6.07, 6.45) is 2.08. The van der Waals surface area contributed by atoms with Crippen LogP contribution in [0, 0.1) is 12.8 Å². The van der Waals surface area contributed by atoms with Crippen molar-refractivity contribution in [1.29, 1.82) is 0 Å². The van der Waals surface area contributed by atoms with Crippen molar-refractivity contribution in [2.24, 2.45) is 5.92 Å². The summed E-state index contributed by atoms with van der Waals surface area (Å²) in [5.74, 6) is -1.65. The largest absolute Gasteiger partial charge is 0.508 e. The quantitative estimate of drug-likeness (QED) is 0.774. The number of carboxylic acids is 1.